The number of ether oxygens (including phenoxy) is 2. The quantitative estimate of drug-likeness (QED) is 0.297. The van der Waals surface area contributed by atoms with Crippen LogP contribution in [0.4, 0.5) is 0 Å². The van der Waals surface area contributed by atoms with E-state index in [4.69, 9.17) is 9.47 Å². The number of nitrogens with zero attached hydrogens (tertiary/aromatic N) is 3. The summed E-state index contributed by atoms with van der Waals surface area (Å²) >= 11 is 0. The zero-order valence-electron chi connectivity index (χ0n) is 20.0. The van der Waals surface area contributed by atoms with Gasteiger partial charge in [0.1, 0.15) is 17.6 Å². The molecule has 186 valence electrons. The molecule has 0 radical (unpaired) electrons. The number of carbonyl (C=O) groups excluding carboxylic acids is 2. The lowest BCUT2D eigenvalue weighted by molar-refractivity contribution is -0.139. The molecule has 0 saturated carbocycles. The smallest absolute Gasteiger partial charge is 0.295 e. The molecule has 9 nitrogen and oxygen atoms in total. The number of aryl methyl sites for hydroxylation is 1. The van der Waals surface area contributed by atoms with Gasteiger partial charge in [-0.2, -0.15) is 0 Å². The molecule has 1 aromatic heterocycles. The normalized spacial score (nSPS) is 20.4. The molecule has 1 amide bonds. The van der Waals surface area contributed by atoms with Crippen LogP contribution in [0.25, 0.3) is 5.76 Å². The molecule has 1 saturated heterocycles. The van der Waals surface area contributed by atoms with Gasteiger partial charge >= 0.3 is 0 Å². The number of hydrogen-bond donors (Lipinski definition) is 2. The molecular formula is C27H27N3O6. The molecule has 2 aromatic carbocycles. The van der Waals surface area contributed by atoms with E-state index in [0.717, 1.165) is 11.3 Å². The summed E-state index contributed by atoms with van der Waals surface area (Å²) in [6.45, 7) is 2.85. The zero-order valence-corrected chi connectivity index (χ0v) is 20.0. The van der Waals surface area contributed by atoms with Gasteiger partial charge in [-0.3, -0.25) is 9.59 Å². The Balaban J connectivity index is 1.56. The number of hydrogen-bond acceptors (Lipinski definition) is 7. The minimum atomic E-state index is -0.842. The van der Waals surface area contributed by atoms with E-state index in [1.54, 1.807) is 42.9 Å². The van der Waals surface area contributed by atoms with E-state index >= 15 is 0 Å². The van der Waals surface area contributed by atoms with E-state index in [1.807, 2.05) is 17.7 Å². The minimum Gasteiger partial charge on any atom is -0.507 e. The second kappa shape index (κ2) is 9.41. The number of amides is 1. The van der Waals surface area contributed by atoms with Crippen molar-refractivity contribution in [2.24, 2.45) is 0 Å². The molecule has 5 rings (SSSR count). The highest BCUT2D eigenvalue weighted by molar-refractivity contribution is 6.46. The van der Waals surface area contributed by atoms with Gasteiger partial charge in [0.2, 0.25) is 0 Å². The van der Waals surface area contributed by atoms with Crippen molar-refractivity contribution in [2.75, 3.05) is 13.7 Å². The van der Waals surface area contributed by atoms with Gasteiger partial charge in [-0.05, 0) is 54.8 Å². The van der Waals surface area contributed by atoms with Crippen molar-refractivity contribution in [3.05, 3.63) is 77.4 Å². The summed E-state index contributed by atoms with van der Waals surface area (Å²) in [5.74, 6) is -0.787. The molecule has 0 bridgehead atoms. The standard InChI is InChI=1S/C27H27N3O6/c1-16-12-19-13-18(5-7-21(19)36-16)25(32)23-24(17-4-6-20(31)22(14-17)35-2)30(27(34)26(23)33)10-3-9-29-11-8-28-15-29/h4-8,11,13-16,24,31-32H,3,9-10,12H2,1-2H3/b25-23-. The van der Waals surface area contributed by atoms with Crippen LogP contribution < -0.4 is 9.47 Å². The summed E-state index contributed by atoms with van der Waals surface area (Å²) < 4.78 is 12.9. The third-order valence-electron chi connectivity index (χ3n) is 6.60. The van der Waals surface area contributed by atoms with Crippen LogP contribution in [0, 0.1) is 0 Å². The SMILES string of the molecule is COc1cc(C2/C(=C(/O)c3ccc4c(c3)CC(C)O4)C(=O)C(=O)N2CCCn2ccnc2)ccc1O. The first-order valence-corrected chi connectivity index (χ1v) is 11.8. The van der Waals surface area contributed by atoms with Crippen LogP contribution in [-0.4, -0.2) is 56.1 Å². The molecule has 0 aliphatic carbocycles. The van der Waals surface area contributed by atoms with Crippen LogP contribution >= 0.6 is 0 Å². The first-order valence-electron chi connectivity index (χ1n) is 11.8. The fraction of sp³-hybridized carbons (Fsp3) is 0.296. The van der Waals surface area contributed by atoms with Crippen molar-refractivity contribution in [1.29, 1.82) is 0 Å². The lowest BCUT2D eigenvalue weighted by Crippen LogP contribution is -2.31. The Morgan fingerprint density at radius 3 is 2.78 bits per heavy atom. The Hall–Kier alpha value is -4.27. The molecule has 2 aliphatic heterocycles. The zero-order chi connectivity index (χ0) is 25.4. The van der Waals surface area contributed by atoms with Crippen molar-refractivity contribution in [3.8, 4) is 17.2 Å². The van der Waals surface area contributed by atoms with Gasteiger partial charge in [0.15, 0.2) is 11.5 Å². The molecule has 1 fully saturated rings. The number of methoxy groups -OCH3 is 1. The number of phenols is 1. The average molecular weight is 490 g/mol. The highest BCUT2D eigenvalue weighted by Gasteiger charge is 2.46. The van der Waals surface area contributed by atoms with E-state index in [1.165, 1.54) is 18.1 Å². The van der Waals surface area contributed by atoms with Crippen molar-refractivity contribution in [1.82, 2.24) is 14.5 Å². The number of aromatic nitrogens is 2. The number of phenolic OH excluding ortho intramolecular Hbond substituents is 1. The maximum atomic E-state index is 13.3. The number of benzene rings is 2. The Morgan fingerprint density at radius 1 is 1.19 bits per heavy atom. The molecule has 36 heavy (non-hydrogen) atoms. The maximum absolute atomic E-state index is 13.3. The molecule has 9 heteroatoms. The Kier molecular flexibility index (Phi) is 6.13. The van der Waals surface area contributed by atoms with Crippen LogP contribution in [0.2, 0.25) is 0 Å². The number of ketones is 1. The third kappa shape index (κ3) is 4.17. The van der Waals surface area contributed by atoms with E-state index in [2.05, 4.69) is 4.98 Å². The molecule has 3 aromatic rings. The van der Waals surface area contributed by atoms with Crippen molar-refractivity contribution >= 4 is 17.4 Å². The molecule has 2 unspecified atom stereocenters. The fourth-order valence-electron chi connectivity index (χ4n) is 4.89. The largest absolute Gasteiger partial charge is 0.507 e. The molecule has 2 atom stereocenters. The molecule has 2 N–H and O–H groups in total. The van der Waals surface area contributed by atoms with Crippen LogP contribution in [0.3, 0.4) is 0 Å². The van der Waals surface area contributed by atoms with Crippen molar-refractivity contribution in [2.45, 2.75) is 38.5 Å². The molecular weight excluding hydrogens is 462 g/mol. The summed E-state index contributed by atoms with van der Waals surface area (Å²) in [6, 6.07) is 9.08. The number of aliphatic hydroxyl groups is 1. The van der Waals surface area contributed by atoms with Crippen molar-refractivity contribution < 1.29 is 29.3 Å². The number of Topliss-reactive ketones (excluding diaryl/α,β-unsaturated/α-hetero) is 1. The summed E-state index contributed by atoms with van der Waals surface area (Å²) in [7, 11) is 1.43. The number of carbonyl (C=O) groups is 2. The van der Waals surface area contributed by atoms with E-state index < -0.39 is 17.7 Å². The minimum absolute atomic E-state index is 0.00212. The summed E-state index contributed by atoms with van der Waals surface area (Å²) in [5, 5.41) is 21.5. The van der Waals surface area contributed by atoms with Gasteiger partial charge in [-0.15, -0.1) is 0 Å². The van der Waals surface area contributed by atoms with Gasteiger partial charge in [0, 0.05) is 37.5 Å². The predicted octanol–water partition coefficient (Wildman–Crippen LogP) is 3.43. The Labute approximate surface area is 208 Å². The van der Waals surface area contributed by atoms with Crippen LogP contribution in [-0.2, 0) is 22.6 Å². The number of rotatable bonds is 7. The Bertz CT molecular complexity index is 1350. The highest BCUT2D eigenvalue weighted by Crippen LogP contribution is 2.42. The van der Waals surface area contributed by atoms with Crippen LogP contribution in [0.15, 0.2) is 60.7 Å². The van der Waals surface area contributed by atoms with Crippen molar-refractivity contribution in [3.63, 3.8) is 0 Å². The fourth-order valence-corrected chi connectivity index (χ4v) is 4.89. The van der Waals surface area contributed by atoms with E-state index in [9.17, 15) is 19.8 Å². The first kappa shape index (κ1) is 23.5. The molecule has 0 spiro atoms. The van der Waals surface area contributed by atoms with Gasteiger partial charge in [-0.25, -0.2) is 4.98 Å². The van der Waals surface area contributed by atoms with Crippen LogP contribution in [0.5, 0.6) is 17.2 Å². The number of aliphatic hydroxyl groups excluding tert-OH is 1. The summed E-state index contributed by atoms with van der Waals surface area (Å²) in [5.41, 5.74) is 1.93. The van der Waals surface area contributed by atoms with Crippen LogP contribution in [0.1, 0.15) is 36.1 Å². The van der Waals surface area contributed by atoms with Gasteiger partial charge in [-0.1, -0.05) is 6.07 Å². The van der Waals surface area contributed by atoms with Gasteiger partial charge in [0.25, 0.3) is 11.7 Å². The topological polar surface area (TPSA) is 114 Å². The number of likely N-dealkylation sites (tertiary alicyclic amines) is 1. The summed E-state index contributed by atoms with van der Waals surface area (Å²) in [4.78, 5) is 32.0. The third-order valence-corrected chi connectivity index (χ3v) is 6.60. The summed E-state index contributed by atoms with van der Waals surface area (Å²) in [6.07, 6.45) is 6.49. The lowest BCUT2D eigenvalue weighted by atomic mass is 9.94. The molecule has 3 heterocycles. The Morgan fingerprint density at radius 2 is 2.03 bits per heavy atom. The monoisotopic (exact) mass is 489 g/mol. The highest BCUT2D eigenvalue weighted by atomic mass is 16.5. The predicted molar refractivity (Wildman–Crippen MR) is 131 cm³/mol. The second-order valence-electron chi connectivity index (χ2n) is 9.03. The van der Waals surface area contributed by atoms with Gasteiger partial charge in [0.05, 0.1) is 25.1 Å². The number of fused-ring (bicyclic) bond motifs is 1. The number of aromatic hydroxyl groups is 1. The molecule has 2 aliphatic rings. The first-order chi connectivity index (χ1) is 17.4. The number of imidazole rings is 1. The average Bonchev–Trinajstić information content (AvgIpc) is 3.58. The maximum Gasteiger partial charge on any atom is 0.295 e. The van der Waals surface area contributed by atoms with Gasteiger partial charge < -0.3 is 29.2 Å². The van der Waals surface area contributed by atoms with E-state index in [-0.39, 0.29) is 35.5 Å². The lowest BCUT2D eigenvalue weighted by Gasteiger charge is -2.26. The van der Waals surface area contributed by atoms with E-state index in [0.29, 0.717) is 30.5 Å². The second-order valence-corrected chi connectivity index (χ2v) is 9.03.